The molecule has 7 heteroatoms. The third kappa shape index (κ3) is 3.09. The number of anilines is 1. The smallest absolute Gasteiger partial charge is 0.232 e. The molecule has 0 radical (unpaired) electrons. The maximum atomic E-state index is 11.8. The van der Waals surface area contributed by atoms with Gasteiger partial charge in [-0.25, -0.2) is 13.1 Å². The van der Waals surface area contributed by atoms with E-state index >= 15 is 0 Å². The highest BCUT2D eigenvalue weighted by Gasteiger charge is 2.16. The molecule has 2 aromatic carbocycles. The monoisotopic (exact) mass is 328 g/mol. The second-order valence-electron chi connectivity index (χ2n) is 5.14. The van der Waals surface area contributed by atoms with E-state index in [1.54, 1.807) is 30.2 Å². The summed E-state index contributed by atoms with van der Waals surface area (Å²) in [6, 6.07) is 15.1. The zero-order chi connectivity index (χ0) is 16.4. The molecule has 0 fully saturated rings. The molecular formula is C16H16N4O2S. The lowest BCUT2D eigenvalue weighted by molar-refractivity contribution is 0.600. The van der Waals surface area contributed by atoms with E-state index in [0.29, 0.717) is 5.69 Å². The van der Waals surface area contributed by atoms with Crippen molar-refractivity contribution in [2.24, 2.45) is 0 Å². The van der Waals surface area contributed by atoms with Crippen LogP contribution in [-0.2, 0) is 10.0 Å². The lowest BCUT2D eigenvalue weighted by Crippen LogP contribution is -2.25. The Bertz CT molecular complexity index is 904. The van der Waals surface area contributed by atoms with Gasteiger partial charge in [-0.1, -0.05) is 35.5 Å². The highest BCUT2D eigenvalue weighted by atomic mass is 32.2. The van der Waals surface area contributed by atoms with Crippen LogP contribution in [0.5, 0.6) is 0 Å². The van der Waals surface area contributed by atoms with Crippen molar-refractivity contribution in [2.75, 3.05) is 17.6 Å². The number of aromatic nitrogens is 3. The Morgan fingerprint density at radius 1 is 1.04 bits per heavy atom. The number of hydrogen-bond donors (Lipinski definition) is 0. The molecule has 0 amide bonds. The summed E-state index contributed by atoms with van der Waals surface area (Å²) < 4.78 is 26.6. The number of sulfonamides is 1. The summed E-state index contributed by atoms with van der Waals surface area (Å²) in [6.45, 7) is 0. The topological polar surface area (TPSA) is 68.1 Å². The summed E-state index contributed by atoms with van der Waals surface area (Å²) in [5.41, 5.74) is 3.31. The van der Waals surface area contributed by atoms with Crippen LogP contribution in [0.1, 0.15) is 0 Å². The Balaban J connectivity index is 2.03. The number of benzene rings is 2. The second kappa shape index (κ2) is 5.85. The third-order valence-corrected chi connectivity index (χ3v) is 4.80. The summed E-state index contributed by atoms with van der Waals surface area (Å²) in [7, 11) is -1.77. The zero-order valence-corrected chi connectivity index (χ0v) is 13.6. The number of rotatable bonds is 4. The molecule has 0 spiro atoms. The predicted octanol–water partition coefficient (Wildman–Crippen LogP) is 2.33. The van der Waals surface area contributed by atoms with Crippen LogP contribution in [-0.4, -0.2) is 36.7 Å². The molecule has 0 aliphatic heterocycles. The summed E-state index contributed by atoms with van der Waals surface area (Å²) >= 11 is 0. The minimum Gasteiger partial charge on any atom is -0.273 e. The Kier molecular flexibility index (Phi) is 3.87. The van der Waals surface area contributed by atoms with Crippen LogP contribution in [0.4, 0.5) is 5.69 Å². The Hall–Kier alpha value is -2.67. The van der Waals surface area contributed by atoms with Crippen LogP contribution in [0.25, 0.3) is 16.8 Å². The number of nitrogens with zero attached hydrogens (tertiary/aromatic N) is 4. The van der Waals surface area contributed by atoms with Gasteiger partial charge in [0, 0.05) is 12.6 Å². The van der Waals surface area contributed by atoms with Gasteiger partial charge >= 0.3 is 0 Å². The van der Waals surface area contributed by atoms with Crippen molar-refractivity contribution in [2.45, 2.75) is 0 Å². The lowest BCUT2D eigenvalue weighted by atomic mass is 10.0. The second-order valence-corrected chi connectivity index (χ2v) is 7.16. The molecule has 0 aliphatic rings. The normalized spacial score (nSPS) is 11.4. The highest BCUT2D eigenvalue weighted by molar-refractivity contribution is 7.92. The molecule has 1 aromatic heterocycles. The average Bonchev–Trinajstić information content (AvgIpc) is 3.08. The fraction of sp³-hybridized carbons (Fsp3) is 0.125. The summed E-state index contributed by atoms with van der Waals surface area (Å²) in [5.74, 6) is 0. The van der Waals surface area contributed by atoms with Gasteiger partial charge < -0.3 is 0 Å². The van der Waals surface area contributed by atoms with Gasteiger partial charge in [0.05, 0.1) is 30.0 Å². The maximum absolute atomic E-state index is 11.8. The predicted molar refractivity (Wildman–Crippen MR) is 90.0 cm³/mol. The van der Waals surface area contributed by atoms with Crippen molar-refractivity contribution >= 4 is 15.7 Å². The van der Waals surface area contributed by atoms with Crippen LogP contribution in [0.15, 0.2) is 60.9 Å². The standard InChI is InChI=1S/C16H16N4O2S/c1-19(23(2,21)22)16-6-4-3-5-15(16)13-7-9-14(10-8-13)20-12-11-17-18-20/h3-12H,1-2H3. The molecule has 118 valence electrons. The largest absolute Gasteiger partial charge is 0.273 e. The first-order valence-corrected chi connectivity index (χ1v) is 8.82. The van der Waals surface area contributed by atoms with E-state index in [0.717, 1.165) is 16.8 Å². The van der Waals surface area contributed by atoms with Crippen molar-refractivity contribution < 1.29 is 8.42 Å². The molecule has 1 heterocycles. The molecule has 6 nitrogen and oxygen atoms in total. The summed E-state index contributed by atoms with van der Waals surface area (Å²) in [6.07, 6.45) is 4.57. The fourth-order valence-electron chi connectivity index (χ4n) is 2.31. The molecular weight excluding hydrogens is 312 g/mol. The lowest BCUT2D eigenvalue weighted by Gasteiger charge is -2.20. The van der Waals surface area contributed by atoms with Gasteiger partial charge in [0.15, 0.2) is 0 Å². The van der Waals surface area contributed by atoms with E-state index in [9.17, 15) is 8.42 Å². The van der Waals surface area contributed by atoms with E-state index in [1.165, 1.54) is 10.6 Å². The van der Waals surface area contributed by atoms with Gasteiger partial charge in [-0.15, -0.1) is 5.10 Å². The van der Waals surface area contributed by atoms with Gasteiger partial charge in [0.1, 0.15) is 0 Å². The molecule has 0 unspecified atom stereocenters. The number of para-hydroxylation sites is 1. The summed E-state index contributed by atoms with van der Waals surface area (Å²) in [4.78, 5) is 0. The molecule has 0 aliphatic carbocycles. The maximum Gasteiger partial charge on any atom is 0.232 e. The molecule has 0 N–H and O–H groups in total. The molecule has 0 saturated heterocycles. The van der Waals surface area contributed by atoms with Crippen LogP contribution in [0, 0.1) is 0 Å². The first-order chi connectivity index (χ1) is 11.0. The number of hydrogen-bond acceptors (Lipinski definition) is 4. The Morgan fingerprint density at radius 3 is 2.35 bits per heavy atom. The van der Waals surface area contributed by atoms with Crippen molar-refractivity contribution in [3.63, 3.8) is 0 Å². The third-order valence-electron chi connectivity index (χ3n) is 3.61. The first-order valence-electron chi connectivity index (χ1n) is 6.97. The van der Waals surface area contributed by atoms with Gasteiger partial charge in [0.2, 0.25) is 10.0 Å². The van der Waals surface area contributed by atoms with E-state index in [1.807, 2.05) is 42.5 Å². The summed E-state index contributed by atoms with van der Waals surface area (Å²) in [5, 5.41) is 7.73. The average molecular weight is 328 g/mol. The minimum absolute atomic E-state index is 0.642. The molecule has 0 bridgehead atoms. The molecule has 23 heavy (non-hydrogen) atoms. The van der Waals surface area contributed by atoms with Crippen LogP contribution < -0.4 is 4.31 Å². The van der Waals surface area contributed by atoms with Gasteiger partial charge in [0.25, 0.3) is 0 Å². The Morgan fingerprint density at radius 2 is 1.74 bits per heavy atom. The minimum atomic E-state index is -3.32. The van der Waals surface area contributed by atoms with Gasteiger partial charge in [-0.2, -0.15) is 0 Å². The molecule has 3 rings (SSSR count). The van der Waals surface area contributed by atoms with Crippen molar-refractivity contribution in [3.05, 3.63) is 60.9 Å². The quantitative estimate of drug-likeness (QED) is 0.737. The Labute approximate surface area is 135 Å². The van der Waals surface area contributed by atoms with Crippen molar-refractivity contribution in [3.8, 4) is 16.8 Å². The highest BCUT2D eigenvalue weighted by Crippen LogP contribution is 2.31. The first kappa shape index (κ1) is 15.2. The van der Waals surface area contributed by atoms with E-state index in [-0.39, 0.29) is 0 Å². The fourth-order valence-corrected chi connectivity index (χ4v) is 2.83. The van der Waals surface area contributed by atoms with E-state index in [2.05, 4.69) is 10.3 Å². The van der Waals surface area contributed by atoms with E-state index < -0.39 is 10.0 Å². The van der Waals surface area contributed by atoms with Crippen molar-refractivity contribution in [1.29, 1.82) is 0 Å². The molecule has 0 atom stereocenters. The van der Waals surface area contributed by atoms with E-state index in [4.69, 9.17) is 0 Å². The van der Waals surface area contributed by atoms with Crippen molar-refractivity contribution in [1.82, 2.24) is 15.0 Å². The van der Waals surface area contributed by atoms with Gasteiger partial charge in [-0.3, -0.25) is 4.31 Å². The zero-order valence-electron chi connectivity index (χ0n) is 12.8. The molecule has 0 saturated carbocycles. The SMILES string of the molecule is CN(c1ccccc1-c1ccc(-n2ccnn2)cc1)S(C)(=O)=O. The van der Waals surface area contributed by atoms with Crippen LogP contribution in [0.2, 0.25) is 0 Å². The molecule has 3 aromatic rings. The van der Waals surface area contributed by atoms with Crippen LogP contribution in [0.3, 0.4) is 0 Å². The van der Waals surface area contributed by atoms with Gasteiger partial charge in [-0.05, 0) is 23.8 Å². The van der Waals surface area contributed by atoms with Crippen LogP contribution >= 0.6 is 0 Å².